The average molecular weight is 256 g/mol. The minimum absolute atomic E-state index is 0.306. The third-order valence-corrected chi connectivity index (χ3v) is 2.59. The van der Waals surface area contributed by atoms with Crippen LogP contribution in [0.15, 0.2) is 22.7 Å². The Labute approximate surface area is 103 Å². The molecule has 0 spiro atoms. The van der Waals surface area contributed by atoms with Crippen LogP contribution in [0.4, 0.5) is 4.39 Å². The third kappa shape index (κ3) is 2.81. The molecule has 0 saturated heterocycles. The smallest absolute Gasteiger partial charge is 0.243 e. The lowest BCUT2D eigenvalue weighted by Gasteiger charge is -2.00. The molecule has 0 unspecified atom stereocenters. The van der Waals surface area contributed by atoms with E-state index in [0.29, 0.717) is 23.2 Å². The topological polar surface area (TPSA) is 64.9 Å². The van der Waals surface area contributed by atoms with E-state index in [2.05, 4.69) is 10.1 Å². The molecule has 0 aliphatic rings. The number of halogens is 2. The van der Waals surface area contributed by atoms with Crippen molar-refractivity contribution in [2.75, 3.05) is 0 Å². The van der Waals surface area contributed by atoms with Crippen LogP contribution in [0.3, 0.4) is 0 Å². The molecule has 2 aromatic rings. The Kier molecular flexibility index (Phi) is 3.40. The fraction of sp³-hybridized carbons (Fsp3) is 0.273. The molecule has 0 bridgehead atoms. The molecule has 1 aromatic carbocycles. The molecule has 17 heavy (non-hydrogen) atoms. The van der Waals surface area contributed by atoms with Crippen molar-refractivity contribution in [3.63, 3.8) is 0 Å². The zero-order valence-corrected chi connectivity index (χ0v) is 9.91. The number of hydrogen-bond acceptors (Lipinski definition) is 4. The summed E-state index contributed by atoms with van der Waals surface area (Å²) in [4.78, 5) is 4.11. The largest absolute Gasteiger partial charge is 0.338 e. The first-order valence-electron chi connectivity index (χ1n) is 5.08. The predicted octanol–water partition coefficient (Wildman–Crippen LogP) is 2.47. The van der Waals surface area contributed by atoms with Gasteiger partial charge in [0, 0.05) is 11.4 Å². The first-order chi connectivity index (χ1) is 8.06. The highest BCUT2D eigenvalue weighted by Crippen LogP contribution is 2.20. The fourth-order valence-electron chi connectivity index (χ4n) is 1.36. The lowest BCUT2D eigenvalue weighted by atomic mass is 10.1. The van der Waals surface area contributed by atoms with Crippen LogP contribution in [0, 0.1) is 5.82 Å². The Bertz CT molecular complexity index is 527. The van der Waals surface area contributed by atoms with Crippen LogP contribution in [-0.2, 0) is 6.42 Å². The lowest BCUT2D eigenvalue weighted by molar-refractivity contribution is 0.358. The Morgan fingerprint density at radius 2 is 2.29 bits per heavy atom. The van der Waals surface area contributed by atoms with Gasteiger partial charge in [0.2, 0.25) is 5.89 Å². The zero-order valence-electron chi connectivity index (χ0n) is 9.15. The van der Waals surface area contributed by atoms with E-state index in [4.69, 9.17) is 21.9 Å². The van der Waals surface area contributed by atoms with Crippen LogP contribution in [0.1, 0.15) is 30.2 Å². The first kappa shape index (κ1) is 12.0. The Morgan fingerprint density at radius 1 is 1.53 bits per heavy atom. The van der Waals surface area contributed by atoms with E-state index in [1.165, 1.54) is 12.1 Å². The van der Waals surface area contributed by atoms with Gasteiger partial charge in [0.05, 0.1) is 6.04 Å². The van der Waals surface area contributed by atoms with Crippen molar-refractivity contribution in [2.45, 2.75) is 19.4 Å². The van der Waals surface area contributed by atoms with Crippen LogP contribution >= 0.6 is 11.6 Å². The SMILES string of the molecule is C[C@H](N)c1nc(Cc2ccc(F)cc2Cl)no1. The molecular formula is C11H11ClFN3O. The second-order valence-corrected chi connectivity index (χ2v) is 4.16. The molecule has 0 amide bonds. The summed E-state index contributed by atoms with van der Waals surface area (Å²) >= 11 is 5.90. The molecule has 0 fully saturated rings. The van der Waals surface area contributed by atoms with Crippen LogP contribution < -0.4 is 5.73 Å². The molecule has 1 aromatic heterocycles. The van der Waals surface area contributed by atoms with E-state index >= 15 is 0 Å². The first-order valence-corrected chi connectivity index (χ1v) is 5.46. The summed E-state index contributed by atoms with van der Waals surface area (Å²) in [6, 6.07) is 3.89. The van der Waals surface area contributed by atoms with Gasteiger partial charge in [-0.05, 0) is 24.6 Å². The summed E-state index contributed by atoms with van der Waals surface area (Å²) in [5, 5.41) is 4.12. The molecule has 1 heterocycles. The van der Waals surface area contributed by atoms with Gasteiger partial charge in [-0.15, -0.1) is 0 Å². The van der Waals surface area contributed by atoms with Gasteiger partial charge in [-0.3, -0.25) is 0 Å². The van der Waals surface area contributed by atoms with Gasteiger partial charge in [0.15, 0.2) is 5.82 Å². The quantitative estimate of drug-likeness (QED) is 0.915. The summed E-state index contributed by atoms with van der Waals surface area (Å²) in [5.41, 5.74) is 6.34. The molecule has 2 N–H and O–H groups in total. The van der Waals surface area contributed by atoms with Gasteiger partial charge < -0.3 is 10.3 Å². The van der Waals surface area contributed by atoms with Crippen molar-refractivity contribution < 1.29 is 8.91 Å². The molecular weight excluding hydrogens is 245 g/mol. The van der Waals surface area contributed by atoms with E-state index in [1.807, 2.05) is 0 Å². The van der Waals surface area contributed by atoms with Crippen molar-refractivity contribution in [3.05, 3.63) is 46.3 Å². The normalized spacial score (nSPS) is 12.7. The molecule has 90 valence electrons. The predicted molar refractivity (Wildman–Crippen MR) is 61.1 cm³/mol. The number of aromatic nitrogens is 2. The highest BCUT2D eigenvalue weighted by atomic mass is 35.5. The third-order valence-electron chi connectivity index (χ3n) is 2.24. The maximum absolute atomic E-state index is 12.8. The van der Waals surface area contributed by atoms with Crippen molar-refractivity contribution >= 4 is 11.6 Å². The second-order valence-electron chi connectivity index (χ2n) is 3.75. The minimum atomic E-state index is -0.372. The van der Waals surface area contributed by atoms with Crippen LogP contribution in [0.25, 0.3) is 0 Å². The summed E-state index contributed by atoms with van der Waals surface area (Å²) in [6.07, 6.45) is 0.384. The number of nitrogens with zero attached hydrogens (tertiary/aromatic N) is 2. The molecule has 2 rings (SSSR count). The monoisotopic (exact) mass is 255 g/mol. The zero-order chi connectivity index (χ0) is 12.4. The summed E-state index contributed by atoms with van der Waals surface area (Å²) in [7, 11) is 0. The fourth-order valence-corrected chi connectivity index (χ4v) is 1.59. The molecule has 1 atom stereocenters. The van der Waals surface area contributed by atoms with E-state index in [1.54, 1.807) is 13.0 Å². The Morgan fingerprint density at radius 3 is 2.88 bits per heavy atom. The summed E-state index contributed by atoms with van der Waals surface area (Å²) in [5.74, 6) is 0.479. The maximum atomic E-state index is 12.8. The van der Waals surface area contributed by atoms with Crippen LogP contribution in [0.5, 0.6) is 0 Å². The second kappa shape index (κ2) is 4.81. The minimum Gasteiger partial charge on any atom is -0.338 e. The van der Waals surface area contributed by atoms with Crippen molar-refractivity contribution in [2.24, 2.45) is 5.73 Å². The van der Waals surface area contributed by atoms with Crippen molar-refractivity contribution in [1.82, 2.24) is 10.1 Å². The number of rotatable bonds is 3. The van der Waals surface area contributed by atoms with Gasteiger partial charge in [-0.2, -0.15) is 4.98 Å². The van der Waals surface area contributed by atoms with E-state index in [-0.39, 0.29) is 11.9 Å². The summed E-state index contributed by atoms with van der Waals surface area (Å²) in [6.45, 7) is 1.75. The highest BCUT2D eigenvalue weighted by molar-refractivity contribution is 6.31. The Hall–Kier alpha value is -1.46. The maximum Gasteiger partial charge on any atom is 0.243 e. The van der Waals surface area contributed by atoms with Crippen molar-refractivity contribution in [3.8, 4) is 0 Å². The van der Waals surface area contributed by atoms with Gasteiger partial charge in [-0.25, -0.2) is 4.39 Å². The van der Waals surface area contributed by atoms with Crippen LogP contribution in [-0.4, -0.2) is 10.1 Å². The highest BCUT2D eigenvalue weighted by Gasteiger charge is 2.12. The van der Waals surface area contributed by atoms with Crippen molar-refractivity contribution in [1.29, 1.82) is 0 Å². The lowest BCUT2D eigenvalue weighted by Crippen LogP contribution is -2.05. The number of benzene rings is 1. The molecule has 0 radical (unpaired) electrons. The van der Waals surface area contributed by atoms with Gasteiger partial charge in [0.1, 0.15) is 5.82 Å². The Balaban J connectivity index is 2.19. The number of hydrogen-bond donors (Lipinski definition) is 1. The van der Waals surface area contributed by atoms with Gasteiger partial charge in [0.25, 0.3) is 0 Å². The van der Waals surface area contributed by atoms with Gasteiger partial charge >= 0.3 is 0 Å². The molecule has 6 heteroatoms. The van der Waals surface area contributed by atoms with E-state index in [9.17, 15) is 4.39 Å². The summed E-state index contributed by atoms with van der Waals surface area (Å²) < 4.78 is 17.8. The molecule has 0 aliphatic heterocycles. The molecule has 0 saturated carbocycles. The number of nitrogens with two attached hydrogens (primary N) is 1. The average Bonchev–Trinajstić information content (AvgIpc) is 2.71. The van der Waals surface area contributed by atoms with Crippen LogP contribution in [0.2, 0.25) is 5.02 Å². The molecule has 4 nitrogen and oxygen atoms in total. The van der Waals surface area contributed by atoms with Gasteiger partial charge in [-0.1, -0.05) is 22.8 Å². The standard InChI is InChI=1S/C11H11ClFN3O/c1-6(14)11-15-10(16-17-11)4-7-2-3-8(13)5-9(7)12/h2-3,5-6H,4,14H2,1H3/t6-/m0/s1. The molecule has 0 aliphatic carbocycles. The van der Waals surface area contributed by atoms with E-state index in [0.717, 1.165) is 5.56 Å². The van der Waals surface area contributed by atoms with E-state index < -0.39 is 0 Å².